The van der Waals surface area contributed by atoms with E-state index in [0.717, 1.165) is 35.0 Å². The Morgan fingerprint density at radius 2 is 1.85 bits per heavy atom. The van der Waals surface area contributed by atoms with E-state index in [0.29, 0.717) is 18.8 Å². The third-order valence-corrected chi connectivity index (χ3v) is 4.47. The summed E-state index contributed by atoms with van der Waals surface area (Å²) in [5, 5.41) is 10.5. The quantitative estimate of drug-likeness (QED) is 0.616. The minimum atomic E-state index is -0.771. The fraction of sp³-hybridized carbons (Fsp3) is 0.273. The van der Waals surface area contributed by atoms with Crippen LogP contribution in [0, 0.1) is 0 Å². The molecule has 0 aliphatic carbocycles. The van der Waals surface area contributed by atoms with Gasteiger partial charge in [0.1, 0.15) is 12.4 Å². The second-order valence-electron chi connectivity index (χ2n) is 6.39. The van der Waals surface area contributed by atoms with E-state index in [1.807, 2.05) is 60.7 Å². The monoisotopic (exact) mass is 373 g/mol. The Bertz CT molecular complexity index is 886. The Morgan fingerprint density at radius 1 is 1.11 bits per heavy atom. The number of aromatic nitrogens is 1. The molecule has 1 atom stereocenters. The second-order valence-corrected chi connectivity index (χ2v) is 6.39. The summed E-state index contributed by atoms with van der Waals surface area (Å²) in [7, 11) is 0. The van der Waals surface area contributed by atoms with Crippen LogP contribution in [0.15, 0.2) is 60.7 Å². The van der Waals surface area contributed by atoms with Gasteiger partial charge >= 0.3 is 35.5 Å². The van der Waals surface area contributed by atoms with Crippen LogP contribution in [0.2, 0.25) is 0 Å². The van der Waals surface area contributed by atoms with Crippen molar-refractivity contribution in [2.75, 3.05) is 0 Å². The molecular formula is C22H24NNaO3. The molecule has 4 nitrogen and oxygen atoms in total. The smallest absolute Gasteiger partial charge is 1.00 e. The molecular weight excluding hydrogens is 349 g/mol. The van der Waals surface area contributed by atoms with Crippen molar-refractivity contribution in [3.05, 3.63) is 71.9 Å². The molecule has 2 aromatic carbocycles. The van der Waals surface area contributed by atoms with Gasteiger partial charge in [-0.05, 0) is 36.2 Å². The SMILES string of the molecule is CCCCC(C(=O)O)c1ccc(OCc2ccc3ccccc3n2)cc1.[H-].[Na+]. The van der Waals surface area contributed by atoms with Crippen LogP contribution in [0.3, 0.4) is 0 Å². The Kier molecular flexibility index (Phi) is 8.29. The van der Waals surface area contributed by atoms with Crippen molar-refractivity contribution >= 4 is 16.9 Å². The van der Waals surface area contributed by atoms with Crippen LogP contribution in [0.4, 0.5) is 0 Å². The molecule has 3 rings (SSSR count). The number of carboxylic acid groups (broad SMARTS) is 1. The number of aliphatic carboxylic acids is 1. The van der Waals surface area contributed by atoms with E-state index in [2.05, 4.69) is 11.9 Å². The van der Waals surface area contributed by atoms with E-state index in [1.165, 1.54) is 0 Å². The molecule has 136 valence electrons. The number of pyridine rings is 1. The van der Waals surface area contributed by atoms with Crippen LogP contribution >= 0.6 is 0 Å². The molecule has 5 heteroatoms. The fourth-order valence-electron chi connectivity index (χ4n) is 2.98. The third-order valence-electron chi connectivity index (χ3n) is 4.47. The van der Waals surface area contributed by atoms with E-state index >= 15 is 0 Å². The number of fused-ring (bicyclic) bond motifs is 1. The third kappa shape index (κ3) is 5.80. The van der Waals surface area contributed by atoms with Gasteiger partial charge < -0.3 is 11.3 Å². The van der Waals surface area contributed by atoms with Crippen LogP contribution in [0.25, 0.3) is 10.9 Å². The molecule has 0 saturated carbocycles. The maximum Gasteiger partial charge on any atom is 1.00 e. The molecule has 0 aliphatic heterocycles. The van der Waals surface area contributed by atoms with E-state index < -0.39 is 11.9 Å². The topological polar surface area (TPSA) is 59.4 Å². The molecule has 0 bridgehead atoms. The molecule has 1 unspecified atom stereocenters. The molecule has 0 saturated heterocycles. The van der Waals surface area contributed by atoms with Crippen molar-refractivity contribution < 1.29 is 45.6 Å². The van der Waals surface area contributed by atoms with E-state index in [1.54, 1.807) is 0 Å². The fourth-order valence-corrected chi connectivity index (χ4v) is 2.98. The first-order chi connectivity index (χ1) is 12.7. The second kappa shape index (κ2) is 10.5. The van der Waals surface area contributed by atoms with Crippen LogP contribution in [0.5, 0.6) is 5.75 Å². The number of unbranched alkanes of at least 4 members (excludes halogenated alkanes) is 1. The number of benzene rings is 2. The number of hydrogen-bond acceptors (Lipinski definition) is 3. The van der Waals surface area contributed by atoms with Gasteiger partial charge in [0, 0.05) is 5.39 Å². The van der Waals surface area contributed by atoms with Crippen molar-refractivity contribution in [1.29, 1.82) is 0 Å². The van der Waals surface area contributed by atoms with Crippen molar-refractivity contribution in [3.8, 4) is 5.75 Å². The van der Waals surface area contributed by atoms with Crippen molar-refractivity contribution in [2.45, 2.75) is 38.7 Å². The molecule has 0 spiro atoms. The average molecular weight is 373 g/mol. The summed E-state index contributed by atoms with van der Waals surface area (Å²) < 4.78 is 5.81. The van der Waals surface area contributed by atoms with Gasteiger partial charge in [-0.25, -0.2) is 4.98 Å². The van der Waals surface area contributed by atoms with Crippen molar-refractivity contribution in [1.82, 2.24) is 4.98 Å². The van der Waals surface area contributed by atoms with Gasteiger partial charge in [0.25, 0.3) is 0 Å². The largest absolute Gasteiger partial charge is 1.00 e. The Labute approximate surface area is 183 Å². The molecule has 0 aliphatic rings. The normalized spacial score (nSPS) is 11.6. The van der Waals surface area contributed by atoms with Gasteiger partial charge in [-0.15, -0.1) is 0 Å². The van der Waals surface area contributed by atoms with Gasteiger partial charge in [0.15, 0.2) is 0 Å². The van der Waals surface area contributed by atoms with Crippen molar-refractivity contribution in [2.24, 2.45) is 0 Å². The number of carboxylic acids is 1. The Balaban J connectivity index is 0.00000196. The maximum absolute atomic E-state index is 11.5. The summed E-state index contributed by atoms with van der Waals surface area (Å²) in [6.45, 7) is 2.44. The molecule has 1 aromatic heterocycles. The molecule has 1 heterocycles. The Hall–Kier alpha value is -1.88. The van der Waals surface area contributed by atoms with E-state index in [9.17, 15) is 9.90 Å². The number of ether oxygens (including phenoxy) is 1. The van der Waals surface area contributed by atoms with Gasteiger partial charge in [0.05, 0.1) is 17.1 Å². The van der Waals surface area contributed by atoms with Crippen LogP contribution in [-0.2, 0) is 11.4 Å². The Morgan fingerprint density at radius 3 is 2.56 bits per heavy atom. The number of hydrogen-bond donors (Lipinski definition) is 1. The van der Waals surface area contributed by atoms with Gasteiger partial charge in [-0.2, -0.15) is 0 Å². The van der Waals surface area contributed by atoms with Crippen molar-refractivity contribution in [3.63, 3.8) is 0 Å². The first-order valence-corrected chi connectivity index (χ1v) is 8.97. The minimum Gasteiger partial charge on any atom is -1.00 e. The standard InChI is InChI=1S/C22H23NO3.Na.H/c1-2-3-7-20(22(24)25)16-10-13-19(14-11-16)26-15-18-12-9-17-6-4-5-8-21(17)23-18;;/h4-6,8-14,20H,2-3,7,15H2,1H3,(H,24,25);;/q;+1;-1. The predicted octanol–water partition coefficient (Wildman–Crippen LogP) is 2.29. The molecule has 1 N–H and O–H groups in total. The minimum absolute atomic E-state index is 0. The molecule has 3 aromatic rings. The molecule has 0 fully saturated rings. The first-order valence-electron chi connectivity index (χ1n) is 8.97. The van der Waals surface area contributed by atoms with Crippen LogP contribution in [0.1, 0.15) is 44.8 Å². The van der Waals surface area contributed by atoms with Gasteiger partial charge in [-0.3, -0.25) is 4.79 Å². The molecule has 0 amide bonds. The summed E-state index contributed by atoms with van der Waals surface area (Å²) in [4.78, 5) is 16.1. The van der Waals surface area contributed by atoms with Gasteiger partial charge in [-0.1, -0.05) is 56.2 Å². The summed E-state index contributed by atoms with van der Waals surface area (Å²) in [5.74, 6) is -0.512. The zero-order valence-corrected chi connectivity index (χ0v) is 17.9. The summed E-state index contributed by atoms with van der Waals surface area (Å²) in [6.07, 6.45) is 2.56. The number of rotatable bonds is 8. The number of nitrogens with zero attached hydrogens (tertiary/aromatic N) is 1. The summed E-state index contributed by atoms with van der Waals surface area (Å²) >= 11 is 0. The van der Waals surface area contributed by atoms with Gasteiger partial charge in [0.2, 0.25) is 0 Å². The van der Waals surface area contributed by atoms with E-state index in [-0.39, 0.29) is 31.0 Å². The summed E-state index contributed by atoms with van der Waals surface area (Å²) in [5.41, 5.74) is 2.63. The number of para-hydroxylation sites is 1. The van der Waals surface area contributed by atoms with E-state index in [4.69, 9.17) is 4.74 Å². The zero-order chi connectivity index (χ0) is 18.4. The van der Waals surface area contributed by atoms with Crippen LogP contribution in [-0.4, -0.2) is 16.1 Å². The zero-order valence-electron chi connectivity index (χ0n) is 16.9. The molecule has 0 radical (unpaired) electrons. The average Bonchev–Trinajstić information content (AvgIpc) is 2.67. The number of carbonyl (C=O) groups is 1. The van der Waals surface area contributed by atoms with Crippen LogP contribution < -0.4 is 34.3 Å². The molecule has 27 heavy (non-hydrogen) atoms. The first kappa shape index (κ1) is 21.4. The maximum atomic E-state index is 11.5. The summed E-state index contributed by atoms with van der Waals surface area (Å²) in [6, 6.07) is 19.3. The predicted molar refractivity (Wildman–Crippen MR) is 104 cm³/mol.